The van der Waals surface area contributed by atoms with Crippen LogP contribution in [-0.4, -0.2) is 32.4 Å². The SMILES string of the molecule is Cc1ccc(OC(F)F)c(NC(=O)c2noc(C)c2Cn2nc([N+](=O)[O-])cc2C)c1. The third kappa shape index (κ3) is 4.42. The van der Waals surface area contributed by atoms with Gasteiger partial charge in [-0.3, -0.25) is 4.79 Å². The van der Waals surface area contributed by atoms with Gasteiger partial charge < -0.3 is 24.7 Å². The molecule has 3 rings (SSSR count). The Morgan fingerprint density at radius 2 is 2.07 bits per heavy atom. The molecule has 2 aromatic heterocycles. The van der Waals surface area contributed by atoms with E-state index in [0.29, 0.717) is 22.6 Å². The van der Waals surface area contributed by atoms with Crippen molar-refractivity contribution in [1.82, 2.24) is 14.9 Å². The Hall–Kier alpha value is -3.83. The van der Waals surface area contributed by atoms with Gasteiger partial charge in [0.25, 0.3) is 5.91 Å². The summed E-state index contributed by atoms with van der Waals surface area (Å²) in [5.41, 5.74) is 1.49. The zero-order valence-corrected chi connectivity index (χ0v) is 16.2. The second-order valence-electron chi connectivity index (χ2n) is 6.46. The maximum Gasteiger partial charge on any atom is 0.390 e. The summed E-state index contributed by atoms with van der Waals surface area (Å²) in [4.78, 5) is 23.1. The van der Waals surface area contributed by atoms with Crippen molar-refractivity contribution in [2.24, 2.45) is 0 Å². The number of carbonyl (C=O) groups excluding carboxylic acids is 1. The highest BCUT2D eigenvalue weighted by atomic mass is 19.3. The van der Waals surface area contributed by atoms with Crippen molar-refractivity contribution in [1.29, 1.82) is 0 Å². The number of aryl methyl sites for hydroxylation is 3. The lowest BCUT2D eigenvalue weighted by Crippen LogP contribution is -2.17. The van der Waals surface area contributed by atoms with E-state index in [2.05, 4.69) is 20.3 Å². The van der Waals surface area contributed by atoms with Crippen LogP contribution in [0, 0.1) is 30.9 Å². The summed E-state index contributed by atoms with van der Waals surface area (Å²) >= 11 is 0. The molecule has 2 heterocycles. The summed E-state index contributed by atoms with van der Waals surface area (Å²) in [6.07, 6.45) is 0. The fourth-order valence-corrected chi connectivity index (χ4v) is 2.77. The summed E-state index contributed by atoms with van der Waals surface area (Å²) in [5, 5.41) is 21.0. The first-order valence-electron chi connectivity index (χ1n) is 8.66. The predicted molar refractivity (Wildman–Crippen MR) is 99.7 cm³/mol. The third-order valence-electron chi connectivity index (χ3n) is 4.26. The van der Waals surface area contributed by atoms with E-state index in [9.17, 15) is 23.7 Å². The van der Waals surface area contributed by atoms with Crippen molar-refractivity contribution in [3.8, 4) is 5.75 Å². The number of halogens is 2. The summed E-state index contributed by atoms with van der Waals surface area (Å²) < 4.78 is 36.2. The van der Waals surface area contributed by atoms with E-state index in [4.69, 9.17) is 4.52 Å². The average molecular weight is 421 g/mol. The molecule has 0 saturated carbocycles. The molecular weight excluding hydrogens is 404 g/mol. The van der Waals surface area contributed by atoms with E-state index in [0.717, 1.165) is 0 Å². The fraction of sp³-hybridized carbons (Fsp3) is 0.278. The number of nitrogens with one attached hydrogen (secondary N) is 1. The van der Waals surface area contributed by atoms with Gasteiger partial charge in [-0.1, -0.05) is 11.2 Å². The van der Waals surface area contributed by atoms with Crippen molar-refractivity contribution in [2.45, 2.75) is 33.9 Å². The molecule has 0 aliphatic rings. The summed E-state index contributed by atoms with van der Waals surface area (Å²) in [5.74, 6) is -0.942. The minimum Gasteiger partial charge on any atom is -0.433 e. The summed E-state index contributed by atoms with van der Waals surface area (Å²) in [6.45, 7) is 1.85. The van der Waals surface area contributed by atoms with E-state index < -0.39 is 17.4 Å². The lowest BCUT2D eigenvalue weighted by atomic mass is 10.1. The Balaban J connectivity index is 1.89. The molecule has 0 fully saturated rings. The molecule has 3 aromatic rings. The number of hydrogen-bond acceptors (Lipinski definition) is 7. The highest BCUT2D eigenvalue weighted by Crippen LogP contribution is 2.28. The van der Waals surface area contributed by atoms with Crippen LogP contribution < -0.4 is 10.1 Å². The second-order valence-corrected chi connectivity index (χ2v) is 6.46. The molecular formula is C18H17F2N5O5. The lowest BCUT2D eigenvalue weighted by molar-refractivity contribution is -0.389. The number of nitro groups is 1. The minimum absolute atomic E-state index is 0.00797. The first-order valence-corrected chi connectivity index (χ1v) is 8.66. The van der Waals surface area contributed by atoms with E-state index in [1.54, 1.807) is 26.8 Å². The van der Waals surface area contributed by atoms with Crippen LogP contribution in [-0.2, 0) is 6.54 Å². The van der Waals surface area contributed by atoms with Crippen LogP contribution in [0.2, 0.25) is 0 Å². The second kappa shape index (κ2) is 8.27. The van der Waals surface area contributed by atoms with Crippen molar-refractivity contribution in [3.05, 3.63) is 62.7 Å². The number of nitrogens with zero attached hydrogens (tertiary/aromatic N) is 4. The zero-order valence-electron chi connectivity index (χ0n) is 16.2. The van der Waals surface area contributed by atoms with E-state index >= 15 is 0 Å². The number of hydrogen-bond donors (Lipinski definition) is 1. The standard InChI is InChI=1S/C18H17F2N5O5/c1-9-4-5-14(29-18(19)20)13(6-9)21-17(26)16-12(11(3)30-23-16)8-24-10(2)7-15(22-24)25(27)28/h4-7,18H,8H2,1-3H3,(H,21,26). The normalized spacial score (nSPS) is 11.0. The van der Waals surface area contributed by atoms with E-state index in [-0.39, 0.29) is 29.5 Å². The molecule has 1 amide bonds. The Morgan fingerprint density at radius 3 is 2.70 bits per heavy atom. The van der Waals surface area contributed by atoms with Crippen LogP contribution >= 0.6 is 0 Å². The topological polar surface area (TPSA) is 125 Å². The molecule has 0 aliphatic carbocycles. The maximum atomic E-state index is 12.8. The van der Waals surface area contributed by atoms with Gasteiger partial charge in [0.15, 0.2) is 5.69 Å². The highest BCUT2D eigenvalue weighted by Gasteiger charge is 2.25. The van der Waals surface area contributed by atoms with Gasteiger partial charge >= 0.3 is 12.4 Å². The Bertz CT molecular complexity index is 1110. The van der Waals surface area contributed by atoms with Gasteiger partial charge in [0.05, 0.1) is 34.7 Å². The number of alkyl halides is 2. The number of ether oxygens (including phenoxy) is 1. The number of benzene rings is 1. The molecule has 0 unspecified atom stereocenters. The molecule has 1 aromatic carbocycles. The molecule has 0 radical (unpaired) electrons. The first-order chi connectivity index (χ1) is 14.2. The molecule has 0 aliphatic heterocycles. The molecule has 158 valence electrons. The smallest absolute Gasteiger partial charge is 0.390 e. The van der Waals surface area contributed by atoms with Gasteiger partial charge in [-0.2, -0.15) is 13.5 Å². The summed E-state index contributed by atoms with van der Waals surface area (Å²) in [7, 11) is 0. The van der Waals surface area contributed by atoms with Crippen LogP contribution in [0.4, 0.5) is 20.3 Å². The largest absolute Gasteiger partial charge is 0.433 e. The summed E-state index contributed by atoms with van der Waals surface area (Å²) in [6, 6.07) is 5.65. The Labute approximate surface area is 168 Å². The van der Waals surface area contributed by atoms with Gasteiger partial charge in [0.1, 0.15) is 11.5 Å². The Morgan fingerprint density at radius 1 is 1.33 bits per heavy atom. The van der Waals surface area contributed by atoms with Gasteiger partial charge in [-0.15, -0.1) is 0 Å². The van der Waals surface area contributed by atoms with Crippen molar-refractivity contribution in [3.63, 3.8) is 0 Å². The predicted octanol–water partition coefficient (Wildman–Crippen LogP) is 3.61. The van der Waals surface area contributed by atoms with Gasteiger partial charge in [0, 0.05) is 0 Å². The molecule has 12 heteroatoms. The zero-order chi connectivity index (χ0) is 22.0. The number of aromatic nitrogens is 3. The van der Waals surface area contributed by atoms with Crippen molar-refractivity contribution < 1.29 is 27.8 Å². The van der Waals surface area contributed by atoms with Gasteiger partial charge in [0.2, 0.25) is 0 Å². The number of carbonyl (C=O) groups is 1. The van der Waals surface area contributed by atoms with Crippen LogP contribution in [0.1, 0.15) is 33.1 Å². The molecule has 0 saturated heterocycles. The molecule has 0 spiro atoms. The monoisotopic (exact) mass is 421 g/mol. The van der Waals surface area contributed by atoms with Crippen LogP contribution in [0.3, 0.4) is 0 Å². The van der Waals surface area contributed by atoms with Crippen LogP contribution in [0.15, 0.2) is 28.8 Å². The van der Waals surface area contributed by atoms with Crippen molar-refractivity contribution >= 4 is 17.4 Å². The third-order valence-corrected chi connectivity index (χ3v) is 4.26. The van der Waals surface area contributed by atoms with Crippen LogP contribution in [0.5, 0.6) is 5.75 Å². The first kappa shape index (κ1) is 20.9. The quantitative estimate of drug-likeness (QED) is 0.456. The number of amides is 1. The Kier molecular flexibility index (Phi) is 5.76. The highest BCUT2D eigenvalue weighted by molar-refractivity contribution is 6.04. The maximum absolute atomic E-state index is 12.8. The molecule has 1 N–H and O–H groups in total. The van der Waals surface area contributed by atoms with Gasteiger partial charge in [-0.05, 0) is 43.4 Å². The number of anilines is 1. The average Bonchev–Trinajstić information content (AvgIpc) is 3.21. The van der Waals surface area contributed by atoms with E-state index in [1.807, 2.05) is 0 Å². The molecule has 0 bridgehead atoms. The lowest BCUT2D eigenvalue weighted by Gasteiger charge is -2.12. The molecule has 30 heavy (non-hydrogen) atoms. The van der Waals surface area contributed by atoms with Crippen molar-refractivity contribution in [2.75, 3.05) is 5.32 Å². The van der Waals surface area contributed by atoms with Gasteiger partial charge in [-0.25, -0.2) is 0 Å². The minimum atomic E-state index is -3.06. The van der Waals surface area contributed by atoms with E-state index in [1.165, 1.54) is 22.9 Å². The molecule has 10 nitrogen and oxygen atoms in total. The number of rotatable bonds is 7. The van der Waals surface area contributed by atoms with Crippen LogP contribution in [0.25, 0.3) is 0 Å². The fourth-order valence-electron chi connectivity index (χ4n) is 2.77. The molecule has 0 atom stereocenters.